The van der Waals surface area contributed by atoms with Gasteiger partial charge in [0.15, 0.2) is 0 Å². The number of nitrogens with zero attached hydrogens (tertiary/aromatic N) is 3. The lowest BCUT2D eigenvalue weighted by Crippen LogP contribution is -2.26. The van der Waals surface area contributed by atoms with Crippen LogP contribution in [0.5, 0.6) is 0 Å². The van der Waals surface area contributed by atoms with Gasteiger partial charge in [-0.1, -0.05) is 84.1 Å². The number of benzene rings is 1. The molecule has 0 fully saturated rings. The molecule has 1 heterocycles. The van der Waals surface area contributed by atoms with Gasteiger partial charge in [-0.3, -0.25) is 4.90 Å². The van der Waals surface area contributed by atoms with Crippen molar-refractivity contribution < 1.29 is 0 Å². The predicted octanol–water partition coefficient (Wildman–Crippen LogP) is 6.79. The van der Waals surface area contributed by atoms with E-state index in [4.69, 9.17) is 0 Å². The first-order chi connectivity index (χ1) is 13.8. The molecule has 2 rings (SSSR count). The maximum Gasteiger partial charge on any atom is 0.117 e. The van der Waals surface area contributed by atoms with Crippen molar-refractivity contribution in [1.29, 1.82) is 0 Å². The molecule has 1 aromatic carbocycles. The van der Waals surface area contributed by atoms with Crippen LogP contribution in [0.1, 0.15) is 102 Å². The number of unbranched alkanes of at least 4 members (excludes halogenated alkanes) is 10. The molecule has 4 nitrogen and oxygen atoms in total. The quantitative estimate of drug-likeness (QED) is 0.323. The van der Waals surface area contributed by atoms with Gasteiger partial charge in [-0.05, 0) is 50.0 Å². The second-order valence-electron chi connectivity index (χ2n) is 8.36. The summed E-state index contributed by atoms with van der Waals surface area (Å²) in [6, 6.07) is 4.26. The Morgan fingerprint density at radius 3 is 1.93 bits per heavy atom. The number of H-pyrrole nitrogens is 1. The van der Waals surface area contributed by atoms with E-state index < -0.39 is 0 Å². The van der Waals surface area contributed by atoms with Crippen LogP contribution in [-0.2, 0) is 6.54 Å². The van der Waals surface area contributed by atoms with Crippen molar-refractivity contribution in [2.24, 2.45) is 0 Å². The zero-order valence-corrected chi connectivity index (χ0v) is 18.6. The Hall–Kier alpha value is -1.42. The van der Waals surface area contributed by atoms with Gasteiger partial charge in [0.25, 0.3) is 0 Å². The van der Waals surface area contributed by atoms with Gasteiger partial charge in [-0.15, -0.1) is 0 Å². The van der Waals surface area contributed by atoms with Crippen molar-refractivity contribution in [2.45, 2.75) is 104 Å². The van der Waals surface area contributed by atoms with E-state index >= 15 is 0 Å². The molecular formula is C24H42N4. The van der Waals surface area contributed by atoms with E-state index in [9.17, 15) is 0 Å². The summed E-state index contributed by atoms with van der Waals surface area (Å²) in [6.07, 6.45) is 16.3. The Bertz CT molecular complexity index is 633. The highest BCUT2D eigenvalue weighted by Crippen LogP contribution is 2.21. The van der Waals surface area contributed by atoms with E-state index in [1.54, 1.807) is 0 Å². The smallest absolute Gasteiger partial charge is 0.117 e. The van der Waals surface area contributed by atoms with Gasteiger partial charge < -0.3 is 0 Å². The number of rotatable bonds is 16. The van der Waals surface area contributed by atoms with E-state index in [1.807, 2.05) is 0 Å². The average Bonchev–Trinajstić information content (AvgIpc) is 3.18. The number of aryl methyl sites for hydroxylation is 1. The molecule has 4 heteroatoms. The predicted molar refractivity (Wildman–Crippen MR) is 121 cm³/mol. The Labute approximate surface area is 172 Å². The molecule has 0 aliphatic rings. The van der Waals surface area contributed by atoms with Gasteiger partial charge in [0.2, 0.25) is 0 Å². The van der Waals surface area contributed by atoms with Crippen molar-refractivity contribution in [3.8, 4) is 0 Å². The molecule has 158 valence electrons. The molecule has 0 aliphatic heterocycles. The van der Waals surface area contributed by atoms with E-state index in [2.05, 4.69) is 53.2 Å². The van der Waals surface area contributed by atoms with Gasteiger partial charge in [-0.25, -0.2) is 0 Å². The summed E-state index contributed by atoms with van der Waals surface area (Å²) >= 11 is 0. The summed E-state index contributed by atoms with van der Waals surface area (Å²) in [5.41, 5.74) is 4.72. The fourth-order valence-corrected chi connectivity index (χ4v) is 3.99. The van der Waals surface area contributed by atoms with Crippen LogP contribution in [0.15, 0.2) is 12.1 Å². The van der Waals surface area contributed by atoms with Gasteiger partial charge in [-0.2, -0.15) is 15.4 Å². The monoisotopic (exact) mass is 386 g/mol. The van der Waals surface area contributed by atoms with Crippen LogP contribution in [0.3, 0.4) is 0 Å². The molecule has 28 heavy (non-hydrogen) atoms. The molecule has 2 aromatic rings. The Kier molecular flexibility index (Phi) is 11.2. The Morgan fingerprint density at radius 1 is 0.750 bits per heavy atom. The first-order valence-corrected chi connectivity index (χ1v) is 11.8. The summed E-state index contributed by atoms with van der Waals surface area (Å²) < 4.78 is 0. The normalized spacial score (nSPS) is 11.7. The number of hydrogen-bond donors (Lipinski definition) is 1. The molecule has 0 unspecified atom stereocenters. The van der Waals surface area contributed by atoms with Crippen LogP contribution < -0.4 is 0 Å². The van der Waals surface area contributed by atoms with Gasteiger partial charge in [0.05, 0.1) is 0 Å². The van der Waals surface area contributed by atoms with Gasteiger partial charge >= 0.3 is 0 Å². The second-order valence-corrected chi connectivity index (χ2v) is 8.36. The maximum atomic E-state index is 4.43. The molecule has 0 radical (unpaired) electrons. The molecule has 0 aliphatic carbocycles. The van der Waals surface area contributed by atoms with Crippen LogP contribution in [0, 0.1) is 6.92 Å². The highest BCUT2D eigenvalue weighted by molar-refractivity contribution is 5.78. The molecule has 0 spiro atoms. The fourth-order valence-electron chi connectivity index (χ4n) is 3.99. The van der Waals surface area contributed by atoms with Crippen LogP contribution >= 0.6 is 0 Å². The molecular weight excluding hydrogens is 344 g/mol. The standard InChI is InChI=1S/C24H42N4/c1-4-6-8-10-12-14-18-28(19-15-13-11-9-7-5-2)20-22-21(3)16-17-23-24(22)26-27-25-23/h16-17H,4-15,18-20H2,1-3H3,(H,25,26,27). The topological polar surface area (TPSA) is 44.8 Å². The Balaban J connectivity index is 1.88. The van der Waals surface area contributed by atoms with Crippen LogP contribution in [-0.4, -0.2) is 33.4 Å². The van der Waals surface area contributed by atoms with E-state index in [-0.39, 0.29) is 0 Å². The Morgan fingerprint density at radius 2 is 1.32 bits per heavy atom. The maximum absolute atomic E-state index is 4.43. The summed E-state index contributed by atoms with van der Waals surface area (Å²) in [6.45, 7) is 10.2. The highest BCUT2D eigenvalue weighted by atomic mass is 15.3. The minimum absolute atomic E-state index is 0.986. The number of hydrogen-bond acceptors (Lipinski definition) is 3. The molecule has 0 saturated carbocycles. The van der Waals surface area contributed by atoms with Crippen LogP contribution in [0.25, 0.3) is 11.0 Å². The van der Waals surface area contributed by atoms with Crippen LogP contribution in [0.2, 0.25) is 0 Å². The van der Waals surface area contributed by atoms with E-state index in [1.165, 1.54) is 101 Å². The van der Waals surface area contributed by atoms with Crippen molar-refractivity contribution in [3.05, 3.63) is 23.3 Å². The zero-order valence-electron chi connectivity index (χ0n) is 18.6. The third-order valence-corrected chi connectivity index (χ3v) is 5.87. The summed E-state index contributed by atoms with van der Waals surface area (Å²) in [5.74, 6) is 0. The first-order valence-electron chi connectivity index (χ1n) is 11.8. The van der Waals surface area contributed by atoms with E-state index in [0.29, 0.717) is 0 Å². The average molecular weight is 387 g/mol. The zero-order chi connectivity index (χ0) is 20.0. The molecule has 1 aromatic heterocycles. The van der Waals surface area contributed by atoms with Crippen molar-refractivity contribution in [2.75, 3.05) is 13.1 Å². The van der Waals surface area contributed by atoms with Crippen molar-refractivity contribution in [1.82, 2.24) is 20.3 Å². The SMILES string of the molecule is CCCCCCCCN(CCCCCCCC)Cc1c(C)ccc2n[nH]nc12. The largest absolute Gasteiger partial charge is 0.299 e. The third-order valence-electron chi connectivity index (χ3n) is 5.87. The van der Waals surface area contributed by atoms with Gasteiger partial charge in [0.1, 0.15) is 11.0 Å². The van der Waals surface area contributed by atoms with Gasteiger partial charge in [0, 0.05) is 6.54 Å². The second kappa shape index (κ2) is 13.7. The molecule has 1 N–H and O–H groups in total. The number of nitrogens with one attached hydrogen (secondary N) is 1. The van der Waals surface area contributed by atoms with E-state index in [0.717, 1.165) is 17.6 Å². The fraction of sp³-hybridized carbons (Fsp3) is 0.750. The molecule has 0 amide bonds. The molecule has 0 saturated heterocycles. The summed E-state index contributed by atoms with van der Waals surface area (Å²) in [4.78, 5) is 2.66. The minimum atomic E-state index is 0.986. The number of fused-ring (bicyclic) bond motifs is 1. The number of aromatic amines is 1. The minimum Gasteiger partial charge on any atom is -0.299 e. The lowest BCUT2D eigenvalue weighted by atomic mass is 10.0. The third kappa shape index (κ3) is 7.90. The lowest BCUT2D eigenvalue weighted by molar-refractivity contribution is 0.252. The molecule has 0 atom stereocenters. The van der Waals surface area contributed by atoms with Crippen LogP contribution in [0.4, 0.5) is 0 Å². The first kappa shape index (κ1) is 22.9. The van der Waals surface area contributed by atoms with Crippen molar-refractivity contribution >= 4 is 11.0 Å². The van der Waals surface area contributed by atoms with Crippen molar-refractivity contribution in [3.63, 3.8) is 0 Å². The summed E-state index contributed by atoms with van der Waals surface area (Å²) in [7, 11) is 0. The molecule has 0 bridgehead atoms. The lowest BCUT2D eigenvalue weighted by Gasteiger charge is -2.23. The summed E-state index contributed by atoms with van der Waals surface area (Å²) in [5, 5.41) is 11.5. The number of aromatic nitrogens is 3. The highest BCUT2D eigenvalue weighted by Gasteiger charge is 2.13.